The van der Waals surface area contributed by atoms with Crippen LogP contribution in [-0.4, -0.2) is 18.7 Å². The summed E-state index contributed by atoms with van der Waals surface area (Å²) in [6, 6.07) is 10.1. The molecule has 0 unspecified atom stereocenters. The van der Waals surface area contributed by atoms with Crippen LogP contribution in [-0.2, 0) is 14.3 Å². The number of ether oxygens (including phenoxy) is 2. The fourth-order valence-electron chi connectivity index (χ4n) is 2.17. The number of hydrogen-bond donors (Lipinski definition) is 0. The van der Waals surface area contributed by atoms with Crippen molar-refractivity contribution < 1.29 is 14.3 Å². The highest BCUT2D eigenvalue weighted by Crippen LogP contribution is 2.33. The van der Waals surface area contributed by atoms with Crippen LogP contribution in [0.25, 0.3) is 0 Å². The molecule has 0 saturated carbocycles. The van der Waals surface area contributed by atoms with E-state index in [1.807, 2.05) is 18.2 Å². The predicted molar refractivity (Wildman–Crippen MR) is 69.1 cm³/mol. The Bertz CT molecular complexity index is 399. The van der Waals surface area contributed by atoms with Crippen LogP contribution in [0.5, 0.6) is 0 Å². The third-order valence-corrected chi connectivity index (χ3v) is 3.04. The topological polar surface area (TPSA) is 35.5 Å². The van der Waals surface area contributed by atoms with E-state index in [2.05, 4.69) is 18.7 Å². The second-order valence-corrected chi connectivity index (χ2v) is 4.41. The van der Waals surface area contributed by atoms with Gasteiger partial charge in [0.25, 0.3) is 0 Å². The maximum atomic E-state index is 11.5. The normalized spacial score (nSPS) is 22.7. The Kier molecular flexibility index (Phi) is 4.53. The van der Waals surface area contributed by atoms with Crippen LogP contribution >= 0.6 is 0 Å². The predicted octanol–water partition coefficient (Wildman–Crippen LogP) is 3.03. The third-order valence-electron chi connectivity index (χ3n) is 3.04. The van der Waals surface area contributed by atoms with Gasteiger partial charge in [0.05, 0.1) is 18.6 Å². The lowest BCUT2D eigenvalue weighted by molar-refractivity contribution is -0.145. The first-order valence-electron chi connectivity index (χ1n) is 6.26. The van der Waals surface area contributed by atoms with Gasteiger partial charge in [0.1, 0.15) is 6.61 Å². The van der Waals surface area contributed by atoms with Gasteiger partial charge in [-0.25, -0.2) is 0 Å². The molecule has 1 aromatic carbocycles. The molecule has 0 amide bonds. The molecule has 1 aromatic rings. The van der Waals surface area contributed by atoms with Crippen molar-refractivity contribution in [1.82, 2.24) is 0 Å². The molecule has 0 N–H and O–H groups in total. The zero-order valence-corrected chi connectivity index (χ0v) is 10.4. The highest BCUT2D eigenvalue weighted by Gasteiger charge is 2.28. The molecule has 0 aliphatic carbocycles. The minimum atomic E-state index is -0.214. The maximum absolute atomic E-state index is 11.5. The zero-order chi connectivity index (χ0) is 12.8. The number of carbonyl (C=O) groups excluding carboxylic acids is 1. The fraction of sp³-hybridized carbons (Fsp3) is 0.400. The van der Waals surface area contributed by atoms with Crippen LogP contribution in [0.15, 0.2) is 43.0 Å². The molecule has 0 radical (unpaired) electrons. The molecule has 1 aliphatic rings. The van der Waals surface area contributed by atoms with Gasteiger partial charge in [-0.2, -0.15) is 0 Å². The minimum Gasteiger partial charge on any atom is -0.461 e. The van der Waals surface area contributed by atoms with Gasteiger partial charge in [-0.1, -0.05) is 43.0 Å². The van der Waals surface area contributed by atoms with Crippen molar-refractivity contribution in [1.29, 1.82) is 0 Å². The molecule has 0 aromatic heterocycles. The van der Waals surface area contributed by atoms with Crippen LogP contribution in [0.1, 0.15) is 30.9 Å². The van der Waals surface area contributed by atoms with Gasteiger partial charge in [0, 0.05) is 0 Å². The van der Waals surface area contributed by atoms with E-state index in [-0.39, 0.29) is 24.8 Å². The first-order chi connectivity index (χ1) is 8.79. The Balaban J connectivity index is 1.82. The largest absolute Gasteiger partial charge is 0.461 e. The molecule has 2 rings (SSSR count). The summed E-state index contributed by atoms with van der Waals surface area (Å²) in [6.07, 6.45) is 3.86. The molecule has 1 heterocycles. The summed E-state index contributed by atoms with van der Waals surface area (Å²) in [6.45, 7) is 3.78. The number of rotatable bonds is 5. The van der Waals surface area contributed by atoms with Gasteiger partial charge < -0.3 is 9.47 Å². The summed E-state index contributed by atoms with van der Waals surface area (Å²) >= 11 is 0. The molecule has 1 saturated heterocycles. The number of esters is 1. The van der Waals surface area contributed by atoms with Gasteiger partial charge >= 0.3 is 5.97 Å². The van der Waals surface area contributed by atoms with Crippen LogP contribution < -0.4 is 0 Å². The van der Waals surface area contributed by atoms with Crippen LogP contribution in [0, 0.1) is 0 Å². The lowest BCUT2D eigenvalue weighted by Gasteiger charge is -2.13. The van der Waals surface area contributed by atoms with E-state index >= 15 is 0 Å². The van der Waals surface area contributed by atoms with E-state index in [1.165, 1.54) is 5.56 Å². The first-order valence-corrected chi connectivity index (χ1v) is 6.26. The van der Waals surface area contributed by atoms with Crippen molar-refractivity contribution >= 4 is 5.97 Å². The highest BCUT2D eigenvalue weighted by molar-refractivity contribution is 5.70. The number of carbonyl (C=O) groups is 1. The quantitative estimate of drug-likeness (QED) is 0.591. The van der Waals surface area contributed by atoms with Crippen molar-refractivity contribution in [3.8, 4) is 0 Å². The molecule has 1 fully saturated rings. The summed E-state index contributed by atoms with van der Waals surface area (Å²) < 4.78 is 10.8. The Labute approximate surface area is 107 Å². The van der Waals surface area contributed by atoms with Crippen LogP contribution in [0.4, 0.5) is 0 Å². The highest BCUT2D eigenvalue weighted by atomic mass is 16.5. The average Bonchev–Trinajstić information content (AvgIpc) is 2.86. The smallest absolute Gasteiger partial charge is 0.308 e. The number of benzene rings is 1. The van der Waals surface area contributed by atoms with Crippen LogP contribution in [0.2, 0.25) is 0 Å². The second kappa shape index (κ2) is 6.36. The van der Waals surface area contributed by atoms with E-state index in [9.17, 15) is 4.79 Å². The van der Waals surface area contributed by atoms with Gasteiger partial charge in [-0.05, 0) is 18.4 Å². The van der Waals surface area contributed by atoms with Crippen molar-refractivity contribution in [2.24, 2.45) is 0 Å². The van der Waals surface area contributed by atoms with Crippen molar-refractivity contribution in [3.63, 3.8) is 0 Å². The van der Waals surface area contributed by atoms with Gasteiger partial charge in [0.15, 0.2) is 0 Å². The third kappa shape index (κ3) is 3.44. The monoisotopic (exact) mass is 246 g/mol. The summed E-state index contributed by atoms with van der Waals surface area (Å²) in [7, 11) is 0. The molecule has 0 spiro atoms. The zero-order valence-electron chi connectivity index (χ0n) is 10.4. The Morgan fingerprint density at radius 3 is 2.89 bits per heavy atom. The van der Waals surface area contributed by atoms with E-state index < -0.39 is 0 Å². The molecule has 2 atom stereocenters. The van der Waals surface area contributed by atoms with E-state index in [0.717, 1.165) is 12.8 Å². The van der Waals surface area contributed by atoms with Crippen molar-refractivity contribution in [3.05, 3.63) is 48.6 Å². The second-order valence-electron chi connectivity index (χ2n) is 4.41. The molecule has 96 valence electrons. The molecular formula is C15H18O3. The SMILES string of the molecule is C=CCOC(=O)C[C@@H]1CC[C@@H](c2ccccc2)O1. The summed E-state index contributed by atoms with van der Waals surface area (Å²) in [5.74, 6) is -0.214. The Morgan fingerprint density at radius 2 is 2.17 bits per heavy atom. The Hall–Kier alpha value is -1.61. The standard InChI is InChI=1S/C15H18O3/c1-2-10-17-15(16)11-13-8-9-14(18-13)12-6-4-3-5-7-12/h2-7,13-14H,1,8-11H2/t13-,14-/m0/s1. The molecule has 0 bridgehead atoms. The summed E-state index contributed by atoms with van der Waals surface area (Å²) in [4.78, 5) is 11.5. The van der Waals surface area contributed by atoms with Gasteiger partial charge in [0.2, 0.25) is 0 Å². The number of hydrogen-bond acceptors (Lipinski definition) is 3. The van der Waals surface area contributed by atoms with Crippen LogP contribution in [0.3, 0.4) is 0 Å². The summed E-state index contributed by atoms with van der Waals surface area (Å²) in [5, 5.41) is 0. The van der Waals surface area contributed by atoms with E-state index in [4.69, 9.17) is 9.47 Å². The van der Waals surface area contributed by atoms with Crippen molar-refractivity contribution in [2.75, 3.05) is 6.61 Å². The lowest BCUT2D eigenvalue weighted by Crippen LogP contribution is -2.15. The molecule has 3 heteroatoms. The van der Waals surface area contributed by atoms with Gasteiger partial charge in [-0.3, -0.25) is 4.79 Å². The van der Waals surface area contributed by atoms with Gasteiger partial charge in [-0.15, -0.1) is 0 Å². The summed E-state index contributed by atoms with van der Waals surface area (Å²) in [5.41, 5.74) is 1.18. The fourth-order valence-corrected chi connectivity index (χ4v) is 2.17. The Morgan fingerprint density at radius 1 is 1.39 bits per heavy atom. The molecular weight excluding hydrogens is 228 g/mol. The average molecular weight is 246 g/mol. The van der Waals surface area contributed by atoms with E-state index in [0.29, 0.717) is 6.42 Å². The van der Waals surface area contributed by atoms with E-state index in [1.54, 1.807) is 6.08 Å². The lowest BCUT2D eigenvalue weighted by atomic mass is 10.1. The molecule has 18 heavy (non-hydrogen) atoms. The maximum Gasteiger partial charge on any atom is 0.308 e. The first kappa shape index (κ1) is 12.8. The van der Waals surface area contributed by atoms with Crippen molar-refractivity contribution in [2.45, 2.75) is 31.5 Å². The molecule has 3 nitrogen and oxygen atoms in total. The molecule has 1 aliphatic heterocycles. The minimum absolute atomic E-state index is 0.0208.